The summed E-state index contributed by atoms with van der Waals surface area (Å²) < 4.78 is 14.8. The quantitative estimate of drug-likeness (QED) is 0.848. The highest BCUT2D eigenvalue weighted by molar-refractivity contribution is 9.10. The summed E-state index contributed by atoms with van der Waals surface area (Å²) in [6.07, 6.45) is 1.66. The van der Waals surface area contributed by atoms with Crippen LogP contribution in [0.3, 0.4) is 0 Å². The molecule has 1 aromatic carbocycles. The van der Waals surface area contributed by atoms with Crippen LogP contribution in [0.5, 0.6) is 0 Å². The van der Waals surface area contributed by atoms with Gasteiger partial charge in [0.25, 0.3) is 5.91 Å². The third-order valence-corrected chi connectivity index (χ3v) is 3.64. The van der Waals surface area contributed by atoms with Gasteiger partial charge in [0.1, 0.15) is 10.5 Å². The van der Waals surface area contributed by atoms with Gasteiger partial charge in [0.05, 0.1) is 5.56 Å². The largest absolute Gasteiger partial charge is 0.352 e. The first kappa shape index (κ1) is 14.9. The summed E-state index contributed by atoms with van der Waals surface area (Å²) in [6.45, 7) is 0.174. The van der Waals surface area contributed by atoms with Gasteiger partial charge in [0, 0.05) is 29.8 Å². The number of carbonyl (C=O) groups excluding carboxylic acids is 1. The van der Waals surface area contributed by atoms with E-state index in [1.165, 1.54) is 11.0 Å². The first-order valence-electron chi connectivity index (χ1n) is 5.86. The minimum atomic E-state index is -0.342. The van der Waals surface area contributed by atoms with Gasteiger partial charge in [-0.15, -0.1) is 0 Å². The van der Waals surface area contributed by atoms with Crippen molar-refractivity contribution < 1.29 is 9.18 Å². The maximum Gasteiger partial charge on any atom is 0.256 e. The first-order chi connectivity index (χ1) is 9.49. The molecule has 104 valence electrons. The van der Waals surface area contributed by atoms with Gasteiger partial charge in [0.15, 0.2) is 0 Å². The number of pyridine rings is 1. The topological polar surface area (TPSA) is 36.1 Å². The maximum absolute atomic E-state index is 13.7. The Kier molecular flexibility index (Phi) is 4.67. The Morgan fingerprint density at radius 1 is 1.45 bits per heavy atom. The number of benzene rings is 1. The van der Waals surface area contributed by atoms with Gasteiger partial charge in [0.2, 0.25) is 0 Å². The molecule has 6 heteroatoms. The zero-order valence-electron chi connectivity index (χ0n) is 10.7. The van der Waals surface area contributed by atoms with Gasteiger partial charge in [-0.2, -0.15) is 0 Å². The van der Waals surface area contributed by atoms with E-state index in [-0.39, 0.29) is 18.3 Å². The highest BCUT2D eigenvalue weighted by Crippen LogP contribution is 2.17. The van der Waals surface area contributed by atoms with E-state index in [4.69, 9.17) is 12.2 Å². The van der Waals surface area contributed by atoms with Gasteiger partial charge in [-0.25, -0.2) is 4.39 Å². The molecule has 0 aliphatic rings. The van der Waals surface area contributed by atoms with Gasteiger partial charge in [-0.3, -0.25) is 4.79 Å². The lowest BCUT2D eigenvalue weighted by molar-refractivity contribution is 0.0783. The molecule has 0 spiro atoms. The standard InChI is InChI=1S/C14H12BrFN2OS/c1-18(8-9-7-10(15)4-5-12(9)16)14(19)11-3-2-6-17-13(11)20/h2-7H,8H2,1H3,(H,17,20). The number of halogens is 2. The molecule has 0 fully saturated rings. The third-order valence-electron chi connectivity index (χ3n) is 2.81. The molecule has 2 aromatic rings. The molecule has 1 N–H and O–H groups in total. The lowest BCUT2D eigenvalue weighted by atomic mass is 10.2. The summed E-state index contributed by atoms with van der Waals surface area (Å²) in [6, 6.07) is 8.00. The predicted molar refractivity (Wildman–Crippen MR) is 81.5 cm³/mol. The second-order valence-corrected chi connectivity index (χ2v) is 5.63. The number of rotatable bonds is 3. The molecule has 0 radical (unpaired) electrons. The van der Waals surface area contributed by atoms with Crippen LogP contribution in [-0.4, -0.2) is 22.8 Å². The number of aromatic nitrogens is 1. The number of H-pyrrole nitrogens is 1. The molecule has 0 bridgehead atoms. The SMILES string of the molecule is CN(Cc1cc(Br)ccc1F)C(=O)c1ccc[nH]c1=S. The number of nitrogens with zero attached hydrogens (tertiary/aromatic N) is 1. The highest BCUT2D eigenvalue weighted by Gasteiger charge is 2.15. The van der Waals surface area contributed by atoms with E-state index in [0.717, 1.165) is 4.47 Å². The minimum Gasteiger partial charge on any atom is -0.352 e. The van der Waals surface area contributed by atoms with Crippen molar-refractivity contribution in [2.75, 3.05) is 7.05 Å². The molecular weight excluding hydrogens is 343 g/mol. The van der Waals surface area contributed by atoms with Crippen molar-refractivity contribution in [1.29, 1.82) is 0 Å². The normalized spacial score (nSPS) is 10.3. The fourth-order valence-corrected chi connectivity index (χ4v) is 2.42. The molecule has 0 unspecified atom stereocenters. The Balaban J connectivity index is 2.22. The van der Waals surface area contributed by atoms with Crippen molar-refractivity contribution in [3.63, 3.8) is 0 Å². The number of amides is 1. The molecule has 1 aromatic heterocycles. The Hall–Kier alpha value is -1.53. The molecule has 0 saturated carbocycles. The summed E-state index contributed by atoms with van der Waals surface area (Å²) in [7, 11) is 1.62. The summed E-state index contributed by atoms with van der Waals surface area (Å²) in [4.78, 5) is 16.5. The van der Waals surface area contributed by atoms with Crippen molar-refractivity contribution in [1.82, 2.24) is 9.88 Å². The molecule has 0 aliphatic carbocycles. The van der Waals surface area contributed by atoms with Crippen LogP contribution in [0.1, 0.15) is 15.9 Å². The zero-order valence-corrected chi connectivity index (χ0v) is 13.1. The molecule has 0 atom stereocenters. The average Bonchev–Trinajstić information content (AvgIpc) is 2.42. The lowest BCUT2D eigenvalue weighted by Gasteiger charge is -2.18. The number of hydrogen-bond donors (Lipinski definition) is 1. The van der Waals surface area contributed by atoms with Crippen LogP contribution in [0.2, 0.25) is 0 Å². The van der Waals surface area contributed by atoms with E-state index in [2.05, 4.69) is 20.9 Å². The Bertz CT molecular complexity index is 702. The van der Waals surface area contributed by atoms with Crippen LogP contribution >= 0.6 is 28.1 Å². The second kappa shape index (κ2) is 6.28. The Morgan fingerprint density at radius 3 is 2.90 bits per heavy atom. The van der Waals surface area contributed by atoms with Crippen LogP contribution in [-0.2, 0) is 6.54 Å². The molecule has 3 nitrogen and oxygen atoms in total. The fourth-order valence-electron chi connectivity index (χ4n) is 1.79. The van der Waals surface area contributed by atoms with Crippen molar-refractivity contribution >= 4 is 34.1 Å². The molecule has 2 rings (SSSR count). The molecule has 0 saturated heterocycles. The molecule has 1 amide bonds. The van der Waals surface area contributed by atoms with Crippen molar-refractivity contribution in [2.45, 2.75) is 6.54 Å². The first-order valence-corrected chi connectivity index (χ1v) is 7.06. The predicted octanol–water partition coefficient (Wildman–Crippen LogP) is 3.92. The molecule has 20 heavy (non-hydrogen) atoms. The molecule has 0 aliphatic heterocycles. The fraction of sp³-hybridized carbons (Fsp3) is 0.143. The smallest absolute Gasteiger partial charge is 0.256 e. The van der Waals surface area contributed by atoms with E-state index in [1.807, 2.05) is 0 Å². The van der Waals surface area contributed by atoms with Crippen LogP contribution in [0.25, 0.3) is 0 Å². The van der Waals surface area contributed by atoms with Gasteiger partial charge in [-0.1, -0.05) is 28.1 Å². The second-order valence-electron chi connectivity index (χ2n) is 4.31. The average molecular weight is 355 g/mol. The van der Waals surface area contributed by atoms with Crippen molar-refractivity contribution in [2.24, 2.45) is 0 Å². The third kappa shape index (κ3) is 3.32. The summed E-state index contributed by atoms with van der Waals surface area (Å²) in [5.74, 6) is -0.586. The number of carbonyl (C=O) groups is 1. The minimum absolute atomic E-state index is 0.174. The maximum atomic E-state index is 13.7. The number of hydrogen-bond acceptors (Lipinski definition) is 2. The van der Waals surface area contributed by atoms with Crippen molar-refractivity contribution in [3.05, 3.63) is 62.6 Å². The van der Waals surface area contributed by atoms with E-state index in [1.54, 1.807) is 37.5 Å². The van der Waals surface area contributed by atoms with E-state index >= 15 is 0 Å². The number of nitrogens with one attached hydrogen (secondary N) is 1. The molecule has 1 heterocycles. The van der Waals surface area contributed by atoms with Crippen LogP contribution < -0.4 is 0 Å². The summed E-state index contributed by atoms with van der Waals surface area (Å²) >= 11 is 8.36. The van der Waals surface area contributed by atoms with Gasteiger partial charge in [-0.05, 0) is 30.3 Å². The van der Waals surface area contributed by atoms with E-state index in [0.29, 0.717) is 15.8 Å². The summed E-state index contributed by atoms with van der Waals surface area (Å²) in [5, 5.41) is 0. The van der Waals surface area contributed by atoms with Gasteiger partial charge >= 0.3 is 0 Å². The van der Waals surface area contributed by atoms with Crippen LogP contribution in [0.4, 0.5) is 4.39 Å². The lowest BCUT2D eigenvalue weighted by Crippen LogP contribution is -2.27. The Morgan fingerprint density at radius 2 is 2.20 bits per heavy atom. The summed E-state index contributed by atoms with van der Waals surface area (Å²) in [5.41, 5.74) is 0.849. The monoisotopic (exact) mass is 354 g/mol. The zero-order chi connectivity index (χ0) is 14.7. The Labute approximate surface area is 129 Å². The van der Waals surface area contributed by atoms with Gasteiger partial charge < -0.3 is 9.88 Å². The van der Waals surface area contributed by atoms with Crippen LogP contribution in [0, 0.1) is 10.5 Å². The highest BCUT2D eigenvalue weighted by atomic mass is 79.9. The van der Waals surface area contributed by atoms with E-state index < -0.39 is 0 Å². The van der Waals surface area contributed by atoms with Crippen molar-refractivity contribution in [3.8, 4) is 0 Å². The number of aromatic amines is 1. The van der Waals surface area contributed by atoms with E-state index in [9.17, 15) is 9.18 Å². The van der Waals surface area contributed by atoms with Crippen LogP contribution in [0.15, 0.2) is 41.0 Å². The molecular formula is C14H12BrFN2OS.